The third-order valence-corrected chi connectivity index (χ3v) is 2.38. The van der Waals surface area contributed by atoms with Gasteiger partial charge in [0, 0.05) is 13.0 Å². The predicted molar refractivity (Wildman–Crippen MR) is 60.7 cm³/mol. The molecule has 3 nitrogen and oxygen atoms in total. The highest BCUT2D eigenvalue weighted by atomic mass is 16.2. The van der Waals surface area contributed by atoms with Crippen molar-refractivity contribution in [2.75, 3.05) is 23.3 Å². The fourth-order valence-electron chi connectivity index (χ4n) is 1.70. The molecule has 0 bridgehead atoms. The summed E-state index contributed by atoms with van der Waals surface area (Å²) in [7, 11) is 0. The first-order chi connectivity index (χ1) is 7.31. The van der Waals surface area contributed by atoms with Gasteiger partial charge < -0.3 is 10.2 Å². The first-order valence-electron chi connectivity index (χ1n) is 4.88. The van der Waals surface area contributed by atoms with Gasteiger partial charge in [0.2, 0.25) is 5.91 Å². The molecule has 1 aliphatic rings. The second-order valence-corrected chi connectivity index (χ2v) is 3.44. The molecule has 76 valence electrons. The molecule has 3 heteroatoms. The summed E-state index contributed by atoms with van der Waals surface area (Å²) >= 11 is 0. The van der Waals surface area contributed by atoms with Crippen LogP contribution in [0.3, 0.4) is 0 Å². The van der Waals surface area contributed by atoms with E-state index in [0.29, 0.717) is 13.0 Å². The van der Waals surface area contributed by atoms with Crippen LogP contribution in [-0.2, 0) is 4.79 Å². The zero-order chi connectivity index (χ0) is 10.7. The van der Waals surface area contributed by atoms with Crippen molar-refractivity contribution < 1.29 is 4.79 Å². The van der Waals surface area contributed by atoms with Crippen LogP contribution in [0.25, 0.3) is 0 Å². The van der Waals surface area contributed by atoms with E-state index in [9.17, 15) is 4.79 Å². The number of benzene rings is 1. The lowest BCUT2D eigenvalue weighted by Gasteiger charge is -2.30. The number of hydrogen-bond donors (Lipinski definition) is 1. The summed E-state index contributed by atoms with van der Waals surface area (Å²) in [5.74, 6) is 2.61. The van der Waals surface area contributed by atoms with Gasteiger partial charge in [0.25, 0.3) is 0 Å². The Hall–Kier alpha value is -1.95. The van der Waals surface area contributed by atoms with Gasteiger partial charge in [-0.3, -0.25) is 4.79 Å². The van der Waals surface area contributed by atoms with Crippen LogP contribution in [0.5, 0.6) is 0 Å². The topological polar surface area (TPSA) is 32.3 Å². The Kier molecular flexibility index (Phi) is 2.59. The lowest BCUT2D eigenvalue weighted by Crippen LogP contribution is -2.38. The fraction of sp³-hybridized carbons (Fsp3) is 0.250. The summed E-state index contributed by atoms with van der Waals surface area (Å²) in [6.07, 6.45) is 5.88. The summed E-state index contributed by atoms with van der Waals surface area (Å²) in [5.41, 5.74) is 1.91. The first-order valence-corrected chi connectivity index (χ1v) is 4.88. The Balaban J connectivity index is 2.26. The van der Waals surface area contributed by atoms with Crippen molar-refractivity contribution in [1.82, 2.24) is 0 Å². The number of nitrogens with one attached hydrogen (secondary N) is 1. The molecule has 0 saturated carbocycles. The van der Waals surface area contributed by atoms with E-state index in [1.54, 1.807) is 0 Å². The molecular weight excluding hydrogens is 188 g/mol. The summed E-state index contributed by atoms with van der Waals surface area (Å²) in [6, 6.07) is 7.75. The number of carbonyl (C=O) groups is 1. The average Bonchev–Trinajstić information content (AvgIpc) is 2.25. The molecule has 0 atom stereocenters. The minimum Gasteiger partial charge on any atom is -0.360 e. The van der Waals surface area contributed by atoms with E-state index in [1.165, 1.54) is 0 Å². The van der Waals surface area contributed by atoms with E-state index in [0.717, 1.165) is 17.9 Å². The molecular formula is C12H12N2O. The Morgan fingerprint density at radius 1 is 1.47 bits per heavy atom. The minimum atomic E-state index is 0.0192. The number of terminal acetylenes is 1. The van der Waals surface area contributed by atoms with Gasteiger partial charge in [0.05, 0.1) is 17.9 Å². The van der Waals surface area contributed by atoms with Crippen molar-refractivity contribution >= 4 is 17.3 Å². The quantitative estimate of drug-likeness (QED) is 0.733. The number of hydrogen-bond acceptors (Lipinski definition) is 2. The van der Waals surface area contributed by atoms with Gasteiger partial charge >= 0.3 is 0 Å². The summed E-state index contributed by atoms with van der Waals surface area (Å²) in [6.45, 7) is 1.11. The molecule has 0 radical (unpaired) electrons. The molecule has 1 aliphatic heterocycles. The van der Waals surface area contributed by atoms with Gasteiger partial charge in [-0.05, 0) is 12.1 Å². The van der Waals surface area contributed by atoms with E-state index in [1.807, 2.05) is 29.2 Å². The van der Waals surface area contributed by atoms with Crippen LogP contribution in [0, 0.1) is 12.3 Å². The third kappa shape index (κ3) is 1.94. The van der Waals surface area contributed by atoms with Crippen molar-refractivity contribution in [3.8, 4) is 12.3 Å². The zero-order valence-corrected chi connectivity index (χ0v) is 8.36. The monoisotopic (exact) mass is 200 g/mol. The van der Waals surface area contributed by atoms with Crippen LogP contribution in [0.15, 0.2) is 24.3 Å². The van der Waals surface area contributed by atoms with Gasteiger partial charge in [0.15, 0.2) is 0 Å². The third-order valence-electron chi connectivity index (χ3n) is 2.38. The maximum atomic E-state index is 11.4. The zero-order valence-electron chi connectivity index (χ0n) is 8.36. The number of anilines is 2. The van der Waals surface area contributed by atoms with Gasteiger partial charge in [0.1, 0.15) is 0 Å². The lowest BCUT2D eigenvalue weighted by molar-refractivity contribution is -0.115. The largest absolute Gasteiger partial charge is 0.360 e. The summed E-state index contributed by atoms with van der Waals surface area (Å²) in [4.78, 5) is 13.4. The van der Waals surface area contributed by atoms with Crippen LogP contribution >= 0.6 is 0 Å². The van der Waals surface area contributed by atoms with Gasteiger partial charge in [-0.25, -0.2) is 0 Å². The Labute approximate surface area is 89.1 Å². The molecule has 1 heterocycles. The van der Waals surface area contributed by atoms with Gasteiger partial charge in [-0.15, -0.1) is 12.3 Å². The highest BCUT2D eigenvalue weighted by Gasteiger charge is 2.20. The highest BCUT2D eigenvalue weighted by Crippen LogP contribution is 2.28. The van der Waals surface area contributed by atoms with E-state index in [2.05, 4.69) is 11.2 Å². The van der Waals surface area contributed by atoms with Gasteiger partial charge in [-0.1, -0.05) is 12.1 Å². The molecule has 0 saturated heterocycles. The van der Waals surface area contributed by atoms with Crippen LogP contribution < -0.4 is 10.2 Å². The SMILES string of the molecule is C#CCCN1CC(=O)Nc2ccccc21. The Morgan fingerprint density at radius 3 is 3.07 bits per heavy atom. The van der Waals surface area contributed by atoms with Crippen LogP contribution in [0.1, 0.15) is 6.42 Å². The van der Waals surface area contributed by atoms with Gasteiger partial charge in [-0.2, -0.15) is 0 Å². The lowest BCUT2D eigenvalue weighted by atomic mass is 10.2. The number of rotatable bonds is 2. The number of carbonyl (C=O) groups excluding carboxylic acids is 1. The summed E-state index contributed by atoms with van der Waals surface area (Å²) in [5, 5.41) is 2.83. The van der Waals surface area contributed by atoms with Crippen LogP contribution in [0.2, 0.25) is 0 Å². The molecule has 2 rings (SSSR count). The van der Waals surface area contributed by atoms with E-state index in [-0.39, 0.29) is 5.91 Å². The fourth-order valence-corrected chi connectivity index (χ4v) is 1.70. The second-order valence-electron chi connectivity index (χ2n) is 3.44. The van der Waals surface area contributed by atoms with Crippen molar-refractivity contribution in [3.05, 3.63) is 24.3 Å². The van der Waals surface area contributed by atoms with Crippen LogP contribution in [-0.4, -0.2) is 19.0 Å². The van der Waals surface area contributed by atoms with E-state index < -0.39 is 0 Å². The van der Waals surface area contributed by atoms with Crippen molar-refractivity contribution in [2.45, 2.75) is 6.42 Å². The number of fused-ring (bicyclic) bond motifs is 1. The highest BCUT2D eigenvalue weighted by molar-refractivity contribution is 6.01. The number of amides is 1. The predicted octanol–water partition coefficient (Wildman–Crippen LogP) is 1.47. The van der Waals surface area contributed by atoms with E-state index in [4.69, 9.17) is 6.42 Å². The molecule has 0 fully saturated rings. The molecule has 15 heavy (non-hydrogen) atoms. The standard InChI is InChI=1S/C12H12N2O/c1-2-3-8-14-9-12(15)13-10-6-4-5-7-11(10)14/h1,4-7H,3,8-9H2,(H,13,15). The molecule has 1 N–H and O–H groups in total. The van der Waals surface area contributed by atoms with Crippen molar-refractivity contribution in [1.29, 1.82) is 0 Å². The molecule has 0 spiro atoms. The van der Waals surface area contributed by atoms with E-state index >= 15 is 0 Å². The minimum absolute atomic E-state index is 0.0192. The molecule has 0 aromatic heterocycles. The van der Waals surface area contributed by atoms with Crippen LogP contribution in [0.4, 0.5) is 11.4 Å². The number of para-hydroxylation sites is 2. The first kappa shape index (κ1) is 9.60. The second kappa shape index (κ2) is 4.05. The average molecular weight is 200 g/mol. The maximum Gasteiger partial charge on any atom is 0.243 e. The van der Waals surface area contributed by atoms with Crippen molar-refractivity contribution in [3.63, 3.8) is 0 Å². The Morgan fingerprint density at radius 2 is 2.27 bits per heavy atom. The molecule has 1 aromatic carbocycles. The molecule has 1 aromatic rings. The normalized spacial score (nSPS) is 14.1. The Bertz CT molecular complexity index is 420. The molecule has 0 aliphatic carbocycles. The molecule has 1 amide bonds. The molecule has 0 unspecified atom stereocenters. The number of nitrogens with zero attached hydrogens (tertiary/aromatic N) is 1. The maximum absolute atomic E-state index is 11.4. The smallest absolute Gasteiger partial charge is 0.243 e. The summed E-state index contributed by atoms with van der Waals surface area (Å²) < 4.78 is 0. The van der Waals surface area contributed by atoms with Crippen molar-refractivity contribution in [2.24, 2.45) is 0 Å².